The van der Waals surface area contributed by atoms with Crippen LogP contribution in [0.1, 0.15) is 22.3 Å². The average Bonchev–Trinajstić information content (AvgIpc) is 3.99. The van der Waals surface area contributed by atoms with Crippen LogP contribution in [0.15, 0.2) is 229 Å². The van der Waals surface area contributed by atoms with Crippen LogP contribution in [0.2, 0.25) is 0 Å². The maximum Gasteiger partial charge on any atom is 0.159 e. The van der Waals surface area contributed by atoms with E-state index in [9.17, 15) is 0 Å². The van der Waals surface area contributed by atoms with Crippen LogP contribution in [-0.2, 0) is 5.41 Å². The van der Waals surface area contributed by atoms with Crippen LogP contribution in [0.25, 0.3) is 64.7 Å². The predicted molar refractivity (Wildman–Crippen MR) is 252 cm³/mol. The number of rotatable bonds is 7. The van der Waals surface area contributed by atoms with Crippen LogP contribution in [0.3, 0.4) is 0 Å². The van der Waals surface area contributed by atoms with Gasteiger partial charge in [0.05, 0.1) is 11.1 Å². The first-order valence-corrected chi connectivity index (χ1v) is 21.3. The van der Waals surface area contributed by atoms with Crippen molar-refractivity contribution < 1.29 is 4.42 Å². The number of thiophene rings is 1. The van der Waals surface area contributed by atoms with Crippen molar-refractivity contribution in [3.63, 3.8) is 0 Å². The molecule has 0 aliphatic heterocycles. The van der Waals surface area contributed by atoms with Crippen molar-refractivity contribution in [2.75, 3.05) is 4.90 Å². The monoisotopic (exact) mass is 783 g/mol. The van der Waals surface area contributed by atoms with Crippen molar-refractivity contribution >= 4 is 60.4 Å². The highest BCUT2D eigenvalue weighted by Gasteiger charge is 2.48. The Labute approximate surface area is 352 Å². The number of benzene rings is 9. The summed E-state index contributed by atoms with van der Waals surface area (Å²) < 4.78 is 8.00. The summed E-state index contributed by atoms with van der Waals surface area (Å²) in [4.78, 5) is 3.70. The summed E-state index contributed by atoms with van der Waals surface area (Å²) in [5, 5.41) is 3.53. The van der Waals surface area contributed by atoms with Gasteiger partial charge in [-0.3, -0.25) is 0 Å². The van der Waals surface area contributed by atoms with Gasteiger partial charge in [0, 0.05) is 31.7 Å². The maximum atomic E-state index is 6.69. The molecule has 2 aromatic heterocycles. The molecule has 0 saturated heterocycles. The SMILES string of the molecule is c1ccc(-c2ccc(N(c3cccc(-c4ccc5c(c4)C(c4ccccc4)(c4ccccc4)c4c-5sc5ccccc45)c3)c3cccc4c3oc3ccccc34)cc2)cc1. The molecule has 1 aliphatic carbocycles. The van der Waals surface area contributed by atoms with E-state index in [1.54, 1.807) is 0 Å². The molecule has 60 heavy (non-hydrogen) atoms. The van der Waals surface area contributed by atoms with Crippen molar-refractivity contribution in [1.82, 2.24) is 0 Å². The van der Waals surface area contributed by atoms with Gasteiger partial charge in [0.15, 0.2) is 5.58 Å². The number of fused-ring (bicyclic) bond motifs is 8. The molecule has 282 valence electrons. The molecular formula is C57H37NOS. The van der Waals surface area contributed by atoms with E-state index >= 15 is 0 Å². The fourth-order valence-electron chi connectivity index (χ4n) is 9.71. The largest absolute Gasteiger partial charge is 0.454 e. The normalized spacial score (nSPS) is 12.8. The molecule has 0 spiro atoms. The predicted octanol–water partition coefficient (Wildman–Crippen LogP) is 16.0. The van der Waals surface area contributed by atoms with Crippen molar-refractivity contribution in [3.8, 4) is 32.7 Å². The number of anilines is 3. The first-order valence-electron chi connectivity index (χ1n) is 20.5. The highest BCUT2D eigenvalue weighted by molar-refractivity contribution is 7.22. The fraction of sp³-hybridized carbons (Fsp3) is 0.0175. The molecule has 2 nitrogen and oxygen atoms in total. The van der Waals surface area contributed by atoms with E-state index in [1.807, 2.05) is 17.4 Å². The minimum atomic E-state index is -0.496. The lowest BCUT2D eigenvalue weighted by Crippen LogP contribution is -2.28. The lowest BCUT2D eigenvalue weighted by atomic mass is 9.67. The van der Waals surface area contributed by atoms with Crippen LogP contribution < -0.4 is 4.90 Å². The average molecular weight is 784 g/mol. The quantitative estimate of drug-likeness (QED) is 0.160. The third-order valence-electron chi connectivity index (χ3n) is 12.3. The van der Waals surface area contributed by atoms with Crippen LogP contribution in [0.4, 0.5) is 17.1 Å². The van der Waals surface area contributed by atoms with Crippen molar-refractivity contribution in [3.05, 3.63) is 247 Å². The molecule has 9 aromatic carbocycles. The van der Waals surface area contributed by atoms with E-state index in [1.165, 1.54) is 59.5 Å². The molecule has 0 saturated carbocycles. The van der Waals surface area contributed by atoms with E-state index in [2.05, 4.69) is 223 Å². The Hall–Kier alpha value is -7.46. The number of hydrogen-bond donors (Lipinski definition) is 0. The van der Waals surface area contributed by atoms with E-state index in [4.69, 9.17) is 4.42 Å². The molecule has 0 N–H and O–H groups in total. The third-order valence-corrected chi connectivity index (χ3v) is 13.6. The van der Waals surface area contributed by atoms with Gasteiger partial charge in [-0.15, -0.1) is 11.3 Å². The zero-order valence-electron chi connectivity index (χ0n) is 32.6. The lowest BCUT2D eigenvalue weighted by molar-refractivity contribution is 0.669. The lowest BCUT2D eigenvalue weighted by Gasteiger charge is -2.34. The summed E-state index contributed by atoms with van der Waals surface area (Å²) >= 11 is 1.91. The molecule has 11 aromatic rings. The first-order chi connectivity index (χ1) is 29.8. The van der Waals surface area contributed by atoms with Gasteiger partial charge in [-0.05, 0) is 104 Å². The second-order valence-electron chi connectivity index (χ2n) is 15.6. The Balaban J connectivity index is 1.06. The van der Waals surface area contributed by atoms with Gasteiger partial charge in [0.2, 0.25) is 0 Å². The van der Waals surface area contributed by atoms with Gasteiger partial charge in [-0.25, -0.2) is 0 Å². The number of hydrogen-bond acceptors (Lipinski definition) is 3. The Bertz CT molecular complexity index is 3320. The smallest absolute Gasteiger partial charge is 0.159 e. The molecule has 0 atom stereocenters. The minimum Gasteiger partial charge on any atom is -0.454 e. The van der Waals surface area contributed by atoms with Crippen LogP contribution in [0.5, 0.6) is 0 Å². The fourth-order valence-corrected chi connectivity index (χ4v) is 11.0. The van der Waals surface area contributed by atoms with Crippen LogP contribution in [-0.4, -0.2) is 0 Å². The van der Waals surface area contributed by atoms with Gasteiger partial charge in [0.25, 0.3) is 0 Å². The van der Waals surface area contributed by atoms with Crippen molar-refractivity contribution in [2.24, 2.45) is 0 Å². The summed E-state index contributed by atoms with van der Waals surface area (Å²) in [6.45, 7) is 0. The maximum absolute atomic E-state index is 6.69. The summed E-state index contributed by atoms with van der Waals surface area (Å²) in [6, 6.07) is 81.5. The summed E-state index contributed by atoms with van der Waals surface area (Å²) in [7, 11) is 0. The van der Waals surface area contributed by atoms with Gasteiger partial charge < -0.3 is 9.32 Å². The van der Waals surface area contributed by atoms with Gasteiger partial charge >= 0.3 is 0 Å². The first kappa shape index (κ1) is 34.6. The van der Waals surface area contributed by atoms with E-state index in [0.29, 0.717) is 0 Å². The van der Waals surface area contributed by atoms with E-state index in [0.717, 1.165) is 44.6 Å². The molecule has 2 heterocycles. The Morgan fingerprint density at radius 3 is 1.77 bits per heavy atom. The van der Waals surface area contributed by atoms with Gasteiger partial charge in [0.1, 0.15) is 5.58 Å². The van der Waals surface area contributed by atoms with E-state index < -0.39 is 5.41 Å². The number of furan rings is 1. The zero-order chi connectivity index (χ0) is 39.6. The second kappa shape index (κ2) is 13.8. The van der Waals surface area contributed by atoms with Crippen molar-refractivity contribution in [2.45, 2.75) is 5.41 Å². The number of para-hydroxylation sites is 2. The van der Waals surface area contributed by atoms with Crippen LogP contribution >= 0.6 is 11.3 Å². The molecular weight excluding hydrogens is 747 g/mol. The van der Waals surface area contributed by atoms with Gasteiger partial charge in [-0.1, -0.05) is 176 Å². The second-order valence-corrected chi connectivity index (χ2v) is 16.6. The summed E-state index contributed by atoms with van der Waals surface area (Å²) in [5.41, 5.74) is 15.6. The topological polar surface area (TPSA) is 16.4 Å². The highest BCUT2D eigenvalue weighted by atomic mass is 32.1. The zero-order valence-corrected chi connectivity index (χ0v) is 33.4. The molecule has 0 bridgehead atoms. The Morgan fingerprint density at radius 2 is 1.00 bits per heavy atom. The Kier molecular flexibility index (Phi) is 7.97. The van der Waals surface area contributed by atoms with Crippen molar-refractivity contribution in [1.29, 1.82) is 0 Å². The summed E-state index contributed by atoms with van der Waals surface area (Å²) in [6.07, 6.45) is 0. The Morgan fingerprint density at radius 1 is 0.417 bits per heavy atom. The molecule has 0 amide bonds. The van der Waals surface area contributed by atoms with Gasteiger partial charge in [-0.2, -0.15) is 0 Å². The standard InChI is InChI=1S/C57H37NOS/c1-4-16-38(17-5-1)39-30-33-44(34-31-39)58(51-27-15-26-47-46-24-10-12-28-52(46)59-55(47)51)45-23-14-18-40(36-45)41-32-35-48-50(37-41)57(42-19-6-2-7-20-42,43-21-8-3-9-22-43)54-49-25-11-13-29-53(49)60-56(48)54/h1-37H. The van der Waals surface area contributed by atoms with E-state index in [-0.39, 0.29) is 0 Å². The molecule has 0 radical (unpaired) electrons. The molecule has 1 aliphatic rings. The molecule has 0 unspecified atom stereocenters. The molecule has 12 rings (SSSR count). The number of nitrogens with zero attached hydrogens (tertiary/aromatic N) is 1. The molecule has 0 fully saturated rings. The highest BCUT2D eigenvalue weighted by Crippen LogP contribution is 2.61. The molecule has 3 heteroatoms. The summed E-state index contributed by atoms with van der Waals surface area (Å²) in [5.74, 6) is 0. The van der Waals surface area contributed by atoms with Crippen LogP contribution in [0, 0.1) is 0 Å². The minimum absolute atomic E-state index is 0.496. The third kappa shape index (κ3) is 5.26.